The number of aryl methyl sites for hydroxylation is 1. The van der Waals surface area contributed by atoms with Crippen LogP contribution in [-0.4, -0.2) is 58.4 Å². The van der Waals surface area contributed by atoms with E-state index >= 15 is 0 Å². The third kappa shape index (κ3) is 2.96. The first-order valence-corrected chi connectivity index (χ1v) is 7.22. The second-order valence-corrected chi connectivity index (χ2v) is 5.85. The van der Waals surface area contributed by atoms with Crippen LogP contribution in [0.4, 0.5) is 0 Å². The highest BCUT2D eigenvalue weighted by Gasteiger charge is 2.30. The van der Waals surface area contributed by atoms with E-state index in [9.17, 15) is 0 Å². The number of piperidine rings is 1. The Morgan fingerprint density at radius 2 is 2.00 bits per heavy atom. The molecule has 0 spiro atoms. The van der Waals surface area contributed by atoms with Gasteiger partial charge in [-0.2, -0.15) is 0 Å². The van der Waals surface area contributed by atoms with Crippen LogP contribution in [0.5, 0.6) is 0 Å². The van der Waals surface area contributed by atoms with Crippen molar-refractivity contribution in [3.63, 3.8) is 0 Å². The molecule has 0 radical (unpaired) electrons. The maximum Gasteiger partial charge on any atom is 0.122 e. The van der Waals surface area contributed by atoms with E-state index in [0.717, 1.165) is 57.0 Å². The number of nitrogens with zero attached hydrogens (tertiary/aromatic N) is 4. The van der Waals surface area contributed by atoms with E-state index in [1.165, 1.54) is 6.42 Å². The molecule has 1 atom stereocenters. The van der Waals surface area contributed by atoms with E-state index in [2.05, 4.69) is 20.1 Å². The first kappa shape index (κ1) is 13.0. The summed E-state index contributed by atoms with van der Waals surface area (Å²) in [5, 5.41) is 7.81. The normalized spacial score (nSPS) is 27.2. The molecule has 2 aliphatic heterocycles. The second kappa shape index (κ2) is 5.56. The lowest BCUT2D eigenvalue weighted by atomic mass is 10.0. The van der Waals surface area contributed by atoms with Crippen LogP contribution < -0.4 is 5.73 Å². The summed E-state index contributed by atoms with van der Waals surface area (Å²) in [5.74, 6) is 0. The molecule has 2 fully saturated rings. The molecule has 2 N–H and O–H groups in total. The number of nitrogens with two attached hydrogens (primary N) is 1. The van der Waals surface area contributed by atoms with Crippen molar-refractivity contribution >= 4 is 0 Å². The van der Waals surface area contributed by atoms with Crippen LogP contribution in [0.15, 0.2) is 4.63 Å². The predicted octanol–water partition coefficient (Wildman–Crippen LogP) is 0.375. The number of likely N-dealkylation sites (tertiary alicyclic amines) is 2. The fraction of sp³-hybridized carbons (Fsp3) is 0.846. The molecule has 0 aromatic carbocycles. The smallest absolute Gasteiger partial charge is 0.122 e. The lowest BCUT2D eigenvalue weighted by Crippen LogP contribution is -2.46. The molecule has 1 unspecified atom stereocenters. The Hall–Kier alpha value is -0.980. The molecule has 1 aromatic rings. The topological polar surface area (TPSA) is 71.4 Å². The van der Waals surface area contributed by atoms with Crippen LogP contribution in [0, 0.1) is 6.92 Å². The van der Waals surface area contributed by atoms with Gasteiger partial charge in [-0.15, -0.1) is 0 Å². The number of hydrogen-bond donors (Lipinski definition) is 1. The molecule has 0 saturated carbocycles. The Labute approximate surface area is 113 Å². The molecule has 3 heterocycles. The highest BCUT2D eigenvalue weighted by molar-refractivity contribution is 5.05. The molecule has 6 heteroatoms. The average molecular weight is 265 g/mol. The van der Waals surface area contributed by atoms with Crippen LogP contribution in [0.1, 0.15) is 30.7 Å². The van der Waals surface area contributed by atoms with Gasteiger partial charge in [-0.1, -0.05) is 10.3 Å². The third-order valence-corrected chi connectivity index (χ3v) is 4.46. The minimum atomic E-state index is 0.414. The maximum atomic E-state index is 5.97. The van der Waals surface area contributed by atoms with Gasteiger partial charge in [0, 0.05) is 31.7 Å². The van der Waals surface area contributed by atoms with E-state index < -0.39 is 0 Å². The van der Waals surface area contributed by atoms with Crippen LogP contribution in [0.25, 0.3) is 0 Å². The van der Waals surface area contributed by atoms with Crippen molar-refractivity contribution in [1.82, 2.24) is 20.1 Å². The fourth-order valence-electron chi connectivity index (χ4n) is 3.14. The summed E-state index contributed by atoms with van der Waals surface area (Å²) in [6, 6.07) is 1.10. The van der Waals surface area contributed by atoms with Crippen molar-refractivity contribution in [2.45, 2.75) is 44.8 Å². The molecule has 106 valence electrons. The summed E-state index contributed by atoms with van der Waals surface area (Å²) in [4.78, 5) is 5.06. The summed E-state index contributed by atoms with van der Waals surface area (Å²) in [5.41, 5.74) is 7.85. The monoisotopic (exact) mass is 265 g/mol. The largest absolute Gasteiger partial charge is 0.328 e. The molecular formula is C13H23N5O. The van der Waals surface area contributed by atoms with Gasteiger partial charge in [-0.05, 0) is 39.3 Å². The van der Waals surface area contributed by atoms with Gasteiger partial charge in [0.1, 0.15) is 11.4 Å². The lowest BCUT2D eigenvalue weighted by Gasteiger charge is -2.34. The lowest BCUT2D eigenvalue weighted by molar-refractivity contribution is 0.151. The van der Waals surface area contributed by atoms with Crippen molar-refractivity contribution in [2.75, 3.05) is 26.2 Å². The number of rotatable bonds is 3. The maximum absolute atomic E-state index is 5.97. The molecule has 1 aromatic heterocycles. The zero-order chi connectivity index (χ0) is 13.2. The molecule has 0 bridgehead atoms. The van der Waals surface area contributed by atoms with Crippen molar-refractivity contribution in [3.05, 3.63) is 11.4 Å². The Morgan fingerprint density at radius 1 is 1.21 bits per heavy atom. The van der Waals surface area contributed by atoms with E-state index in [1.807, 2.05) is 6.92 Å². The molecule has 2 saturated heterocycles. The van der Waals surface area contributed by atoms with Crippen molar-refractivity contribution in [2.24, 2.45) is 5.73 Å². The summed E-state index contributed by atoms with van der Waals surface area (Å²) in [7, 11) is 0. The SMILES string of the molecule is Cc1nonc1CN1CCC(N2CCC(N)CC2)C1. The van der Waals surface area contributed by atoms with E-state index in [-0.39, 0.29) is 0 Å². The summed E-state index contributed by atoms with van der Waals surface area (Å²) in [6.07, 6.45) is 3.53. The van der Waals surface area contributed by atoms with Crippen LogP contribution in [0.2, 0.25) is 0 Å². The predicted molar refractivity (Wildman–Crippen MR) is 71.5 cm³/mol. The van der Waals surface area contributed by atoms with Crippen molar-refractivity contribution < 1.29 is 4.63 Å². The summed E-state index contributed by atoms with van der Waals surface area (Å²) < 4.78 is 4.76. The number of hydrogen-bond acceptors (Lipinski definition) is 6. The Balaban J connectivity index is 1.51. The second-order valence-electron chi connectivity index (χ2n) is 5.85. The van der Waals surface area contributed by atoms with Gasteiger partial charge in [0.15, 0.2) is 0 Å². The molecule has 3 rings (SSSR count). The quantitative estimate of drug-likeness (QED) is 0.851. The van der Waals surface area contributed by atoms with Crippen molar-refractivity contribution in [1.29, 1.82) is 0 Å². The van der Waals surface area contributed by atoms with Crippen LogP contribution >= 0.6 is 0 Å². The molecule has 2 aliphatic rings. The van der Waals surface area contributed by atoms with Crippen LogP contribution in [0.3, 0.4) is 0 Å². The van der Waals surface area contributed by atoms with Crippen molar-refractivity contribution in [3.8, 4) is 0 Å². The Morgan fingerprint density at radius 3 is 2.68 bits per heavy atom. The Bertz CT molecular complexity index is 413. The zero-order valence-electron chi connectivity index (χ0n) is 11.6. The molecule has 0 aliphatic carbocycles. The summed E-state index contributed by atoms with van der Waals surface area (Å²) >= 11 is 0. The van der Waals surface area contributed by atoms with E-state index in [0.29, 0.717) is 12.1 Å². The summed E-state index contributed by atoms with van der Waals surface area (Å²) in [6.45, 7) is 7.39. The first-order chi connectivity index (χ1) is 9.22. The van der Waals surface area contributed by atoms with Gasteiger partial charge in [0.25, 0.3) is 0 Å². The van der Waals surface area contributed by atoms with Gasteiger partial charge in [-0.3, -0.25) is 9.80 Å². The van der Waals surface area contributed by atoms with Gasteiger partial charge >= 0.3 is 0 Å². The molecular weight excluding hydrogens is 242 g/mol. The zero-order valence-corrected chi connectivity index (χ0v) is 11.6. The minimum absolute atomic E-state index is 0.414. The van der Waals surface area contributed by atoms with E-state index in [4.69, 9.17) is 10.4 Å². The van der Waals surface area contributed by atoms with E-state index in [1.54, 1.807) is 0 Å². The van der Waals surface area contributed by atoms with Gasteiger partial charge in [0.2, 0.25) is 0 Å². The highest BCUT2D eigenvalue weighted by Crippen LogP contribution is 2.21. The third-order valence-electron chi connectivity index (χ3n) is 4.46. The fourth-order valence-corrected chi connectivity index (χ4v) is 3.14. The molecule has 0 amide bonds. The average Bonchev–Trinajstić information content (AvgIpc) is 3.01. The number of aromatic nitrogens is 2. The van der Waals surface area contributed by atoms with Gasteiger partial charge < -0.3 is 5.73 Å². The molecule has 6 nitrogen and oxygen atoms in total. The minimum Gasteiger partial charge on any atom is -0.328 e. The Kier molecular flexibility index (Phi) is 3.81. The van der Waals surface area contributed by atoms with Crippen LogP contribution in [-0.2, 0) is 6.54 Å². The van der Waals surface area contributed by atoms with Gasteiger partial charge in [0.05, 0.1) is 0 Å². The standard InChI is InChI=1S/C13H23N5O/c1-10-13(16-19-15-10)9-17-5-4-12(8-17)18-6-2-11(14)3-7-18/h11-12H,2-9,14H2,1H3. The first-order valence-electron chi connectivity index (χ1n) is 7.22. The van der Waals surface area contributed by atoms with Gasteiger partial charge in [-0.25, -0.2) is 4.63 Å². The highest BCUT2D eigenvalue weighted by atomic mass is 16.6. The molecule has 19 heavy (non-hydrogen) atoms.